The van der Waals surface area contributed by atoms with Crippen LogP contribution >= 0.6 is 0 Å². The number of benzene rings is 2. The molecule has 0 aliphatic carbocycles. The molecular weight excluding hydrogens is 350 g/mol. The first-order valence-electron chi connectivity index (χ1n) is 10.0. The van der Waals surface area contributed by atoms with Crippen LogP contribution < -0.4 is 0 Å². The maximum Gasteiger partial charge on any atom is 0.253 e. The summed E-state index contributed by atoms with van der Waals surface area (Å²) in [6.07, 6.45) is 6.61. The second-order valence-corrected chi connectivity index (χ2v) is 7.62. The van der Waals surface area contributed by atoms with Crippen molar-refractivity contribution in [3.05, 3.63) is 54.2 Å². The first-order valence-corrected chi connectivity index (χ1v) is 10.0. The SMILES string of the molecule is CN(CCC[C@H]1CCCO1)C(=O)c1ccc(-c2ccc3c(cnn3C)c2)cc1. The monoisotopic (exact) mass is 377 g/mol. The van der Waals surface area contributed by atoms with Crippen molar-refractivity contribution in [1.29, 1.82) is 0 Å². The number of hydrogen-bond acceptors (Lipinski definition) is 3. The Labute approximate surface area is 165 Å². The van der Waals surface area contributed by atoms with Gasteiger partial charge in [-0.3, -0.25) is 9.48 Å². The van der Waals surface area contributed by atoms with Gasteiger partial charge in [0.15, 0.2) is 0 Å². The van der Waals surface area contributed by atoms with Crippen LogP contribution in [0, 0.1) is 0 Å². The van der Waals surface area contributed by atoms with E-state index in [1.807, 2.05) is 54.1 Å². The van der Waals surface area contributed by atoms with Gasteiger partial charge in [0, 0.05) is 38.2 Å². The lowest BCUT2D eigenvalue weighted by atomic mass is 10.0. The number of carbonyl (C=O) groups is 1. The van der Waals surface area contributed by atoms with Crippen LogP contribution in [0.15, 0.2) is 48.7 Å². The molecule has 2 aromatic carbocycles. The van der Waals surface area contributed by atoms with E-state index in [2.05, 4.69) is 23.3 Å². The molecule has 5 nitrogen and oxygen atoms in total. The lowest BCUT2D eigenvalue weighted by molar-refractivity contribution is 0.0763. The average Bonchev–Trinajstić information content (AvgIpc) is 3.37. The molecule has 1 atom stereocenters. The van der Waals surface area contributed by atoms with E-state index in [4.69, 9.17) is 4.74 Å². The highest BCUT2D eigenvalue weighted by atomic mass is 16.5. The molecule has 0 saturated carbocycles. The summed E-state index contributed by atoms with van der Waals surface area (Å²) in [5, 5.41) is 5.41. The molecule has 0 spiro atoms. The summed E-state index contributed by atoms with van der Waals surface area (Å²) < 4.78 is 7.53. The van der Waals surface area contributed by atoms with E-state index < -0.39 is 0 Å². The van der Waals surface area contributed by atoms with Gasteiger partial charge in [-0.05, 0) is 61.1 Å². The summed E-state index contributed by atoms with van der Waals surface area (Å²) in [5.74, 6) is 0.0709. The summed E-state index contributed by atoms with van der Waals surface area (Å²) in [7, 11) is 3.82. The molecule has 0 N–H and O–H groups in total. The molecule has 1 fully saturated rings. The smallest absolute Gasteiger partial charge is 0.253 e. The second kappa shape index (κ2) is 8.15. The average molecular weight is 377 g/mol. The van der Waals surface area contributed by atoms with Gasteiger partial charge in [-0.15, -0.1) is 0 Å². The molecule has 1 saturated heterocycles. The van der Waals surface area contributed by atoms with E-state index in [1.54, 1.807) is 0 Å². The normalized spacial score (nSPS) is 16.6. The van der Waals surface area contributed by atoms with Crippen molar-refractivity contribution >= 4 is 16.8 Å². The zero-order valence-corrected chi connectivity index (χ0v) is 16.6. The molecule has 1 amide bonds. The number of aryl methyl sites for hydroxylation is 1. The Morgan fingerprint density at radius 2 is 2.00 bits per heavy atom. The molecule has 0 unspecified atom stereocenters. The molecule has 0 radical (unpaired) electrons. The van der Waals surface area contributed by atoms with E-state index >= 15 is 0 Å². The van der Waals surface area contributed by atoms with Gasteiger partial charge in [0.1, 0.15) is 0 Å². The van der Waals surface area contributed by atoms with Crippen molar-refractivity contribution in [2.45, 2.75) is 31.8 Å². The Balaban J connectivity index is 1.39. The van der Waals surface area contributed by atoms with Crippen molar-refractivity contribution in [3.63, 3.8) is 0 Å². The minimum Gasteiger partial charge on any atom is -0.378 e. The molecule has 5 heteroatoms. The first-order chi connectivity index (χ1) is 13.6. The topological polar surface area (TPSA) is 47.4 Å². The maximum absolute atomic E-state index is 12.7. The van der Waals surface area contributed by atoms with E-state index in [0.717, 1.165) is 60.0 Å². The fraction of sp³-hybridized carbons (Fsp3) is 0.391. The summed E-state index contributed by atoms with van der Waals surface area (Å²) >= 11 is 0. The molecule has 28 heavy (non-hydrogen) atoms. The number of ether oxygens (including phenoxy) is 1. The Bertz CT molecular complexity index is 956. The molecule has 146 valence electrons. The Morgan fingerprint density at radius 3 is 2.75 bits per heavy atom. The van der Waals surface area contributed by atoms with Crippen LogP contribution in [0.1, 0.15) is 36.0 Å². The van der Waals surface area contributed by atoms with Gasteiger partial charge in [-0.2, -0.15) is 5.10 Å². The van der Waals surface area contributed by atoms with E-state index in [1.165, 1.54) is 6.42 Å². The van der Waals surface area contributed by atoms with Crippen molar-refractivity contribution in [2.75, 3.05) is 20.2 Å². The standard InChI is InChI=1S/C23H27N3O2/c1-25(13-3-5-21-6-4-14-28-21)23(27)18-9-7-17(8-10-18)19-11-12-22-20(15-19)16-24-26(22)2/h7-12,15-16,21H,3-6,13-14H2,1-2H3/t21-/m0/s1. The number of aromatic nitrogens is 2. The minimum atomic E-state index is 0.0709. The van der Waals surface area contributed by atoms with Gasteiger partial charge >= 0.3 is 0 Å². The maximum atomic E-state index is 12.7. The summed E-state index contributed by atoms with van der Waals surface area (Å²) in [5.41, 5.74) is 4.07. The highest BCUT2D eigenvalue weighted by Gasteiger charge is 2.16. The quantitative estimate of drug-likeness (QED) is 0.644. The summed E-state index contributed by atoms with van der Waals surface area (Å²) in [6.45, 7) is 1.65. The van der Waals surface area contributed by atoms with Crippen LogP contribution in [-0.2, 0) is 11.8 Å². The third kappa shape index (κ3) is 3.94. The third-order valence-corrected chi connectivity index (χ3v) is 5.60. The number of amides is 1. The largest absolute Gasteiger partial charge is 0.378 e. The van der Waals surface area contributed by atoms with Crippen LogP contribution in [0.4, 0.5) is 0 Å². The van der Waals surface area contributed by atoms with E-state index in [0.29, 0.717) is 6.10 Å². The zero-order chi connectivity index (χ0) is 19.5. The Morgan fingerprint density at radius 1 is 1.21 bits per heavy atom. The summed E-state index contributed by atoms with van der Waals surface area (Å²) in [4.78, 5) is 14.5. The van der Waals surface area contributed by atoms with Crippen molar-refractivity contribution in [1.82, 2.24) is 14.7 Å². The first kappa shape index (κ1) is 18.7. The lowest BCUT2D eigenvalue weighted by Gasteiger charge is -2.18. The highest BCUT2D eigenvalue weighted by Crippen LogP contribution is 2.25. The lowest BCUT2D eigenvalue weighted by Crippen LogP contribution is -2.28. The predicted octanol–water partition coefficient (Wildman–Crippen LogP) is 4.27. The molecule has 4 rings (SSSR count). The Hall–Kier alpha value is -2.66. The molecule has 1 aliphatic heterocycles. The number of carbonyl (C=O) groups excluding carboxylic acids is 1. The molecule has 1 aromatic heterocycles. The van der Waals surface area contributed by atoms with E-state index in [-0.39, 0.29) is 5.91 Å². The van der Waals surface area contributed by atoms with Crippen LogP contribution in [-0.4, -0.2) is 46.9 Å². The van der Waals surface area contributed by atoms with Crippen molar-refractivity contribution < 1.29 is 9.53 Å². The highest BCUT2D eigenvalue weighted by molar-refractivity contribution is 5.94. The third-order valence-electron chi connectivity index (χ3n) is 5.60. The van der Waals surface area contributed by atoms with Crippen LogP contribution in [0.2, 0.25) is 0 Å². The fourth-order valence-corrected chi connectivity index (χ4v) is 3.90. The number of hydrogen-bond donors (Lipinski definition) is 0. The van der Waals surface area contributed by atoms with Gasteiger partial charge in [-0.25, -0.2) is 0 Å². The van der Waals surface area contributed by atoms with Crippen LogP contribution in [0.3, 0.4) is 0 Å². The number of nitrogens with zero attached hydrogens (tertiary/aromatic N) is 3. The molecule has 2 heterocycles. The van der Waals surface area contributed by atoms with E-state index in [9.17, 15) is 4.79 Å². The van der Waals surface area contributed by atoms with Gasteiger partial charge < -0.3 is 9.64 Å². The van der Waals surface area contributed by atoms with Gasteiger partial charge in [0.05, 0.1) is 17.8 Å². The van der Waals surface area contributed by atoms with Crippen LogP contribution in [0.25, 0.3) is 22.0 Å². The summed E-state index contributed by atoms with van der Waals surface area (Å²) in [6, 6.07) is 14.2. The number of fused-ring (bicyclic) bond motifs is 1. The minimum absolute atomic E-state index is 0.0709. The van der Waals surface area contributed by atoms with Gasteiger partial charge in [-0.1, -0.05) is 18.2 Å². The molecule has 0 bridgehead atoms. The van der Waals surface area contributed by atoms with Crippen molar-refractivity contribution in [3.8, 4) is 11.1 Å². The molecule has 3 aromatic rings. The second-order valence-electron chi connectivity index (χ2n) is 7.62. The van der Waals surface area contributed by atoms with Gasteiger partial charge in [0.2, 0.25) is 0 Å². The Kier molecular flexibility index (Phi) is 5.44. The van der Waals surface area contributed by atoms with Crippen molar-refractivity contribution in [2.24, 2.45) is 7.05 Å². The fourth-order valence-electron chi connectivity index (χ4n) is 3.90. The predicted molar refractivity (Wildman–Crippen MR) is 111 cm³/mol. The number of rotatable bonds is 6. The molecule has 1 aliphatic rings. The van der Waals surface area contributed by atoms with Gasteiger partial charge in [0.25, 0.3) is 5.91 Å². The van der Waals surface area contributed by atoms with Crippen LogP contribution in [0.5, 0.6) is 0 Å². The zero-order valence-electron chi connectivity index (χ0n) is 16.6. The molecular formula is C23H27N3O2.